The van der Waals surface area contributed by atoms with Crippen LogP contribution in [0.15, 0.2) is 41.3 Å². The van der Waals surface area contributed by atoms with Gasteiger partial charge in [-0.25, -0.2) is 8.42 Å². The van der Waals surface area contributed by atoms with Crippen molar-refractivity contribution in [2.24, 2.45) is 5.92 Å². The summed E-state index contributed by atoms with van der Waals surface area (Å²) in [5.74, 6) is 0.181. The molecule has 0 aliphatic carbocycles. The molecule has 2 aromatic rings. The molecule has 34 heavy (non-hydrogen) atoms. The molecule has 2 aromatic carbocycles. The van der Waals surface area contributed by atoms with Crippen molar-refractivity contribution in [2.45, 2.75) is 44.2 Å². The number of hydrogen-bond donors (Lipinski definition) is 2. The number of fused-ring (bicyclic) bond motifs is 1. The molecule has 10 heteroatoms. The SMILES string of the molecule is COc1ccc(CNC(=O)[C@H]2CCCN(S(=O)(=O)c3cc4c(cc3C)NC(=O)[C@H](C)O4)C2)cc1. The molecule has 2 aliphatic heterocycles. The molecule has 0 aromatic heterocycles. The van der Waals surface area contributed by atoms with Crippen molar-refractivity contribution >= 4 is 27.5 Å². The summed E-state index contributed by atoms with van der Waals surface area (Å²) < 4.78 is 39.1. The number of hydrogen-bond acceptors (Lipinski definition) is 6. The third-order valence-electron chi connectivity index (χ3n) is 6.21. The van der Waals surface area contributed by atoms with E-state index in [1.807, 2.05) is 24.3 Å². The lowest BCUT2D eigenvalue weighted by atomic mass is 9.99. The molecule has 2 N–H and O–H groups in total. The van der Waals surface area contributed by atoms with E-state index in [1.54, 1.807) is 27.0 Å². The van der Waals surface area contributed by atoms with E-state index in [-0.39, 0.29) is 23.3 Å². The Labute approximate surface area is 199 Å². The zero-order valence-electron chi connectivity index (χ0n) is 19.5. The molecule has 0 unspecified atom stereocenters. The van der Waals surface area contributed by atoms with E-state index in [1.165, 1.54) is 10.4 Å². The topological polar surface area (TPSA) is 114 Å². The van der Waals surface area contributed by atoms with Gasteiger partial charge in [-0.15, -0.1) is 0 Å². The first-order chi connectivity index (χ1) is 16.2. The van der Waals surface area contributed by atoms with Gasteiger partial charge in [0.1, 0.15) is 11.5 Å². The minimum absolute atomic E-state index is 0.112. The van der Waals surface area contributed by atoms with Gasteiger partial charge in [-0.3, -0.25) is 9.59 Å². The van der Waals surface area contributed by atoms with Gasteiger partial charge < -0.3 is 20.1 Å². The number of ether oxygens (including phenoxy) is 2. The number of methoxy groups -OCH3 is 1. The lowest BCUT2D eigenvalue weighted by Crippen LogP contribution is -2.45. The van der Waals surface area contributed by atoms with Crippen LogP contribution in [0.2, 0.25) is 0 Å². The van der Waals surface area contributed by atoms with Gasteiger partial charge in [-0.1, -0.05) is 12.1 Å². The average molecular weight is 488 g/mol. The van der Waals surface area contributed by atoms with Gasteiger partial charge in [0.05, 0.1) is 23.6 Å². The number of sulfonamides is 1. The van der Waals surface area contributed by atoms with E-state index in [2.05, 4.69) is 10.6 Å². The Kier molecular flexibility index (Phi) is 6.81. The van der Waals surface area contributed by atoms with Crippen molar-refractivity contribution in [3.05, 3.63) is 47.5 Å². The van der Waals surface area contributed by atoms with E-state index in [0.29, 0.717) is 42.9 Å². The van der Waals surface area contributed by atoms with Crippen molar-refractivity contribution in [1.29, 1.82) is 0 Å². The number of nitrogens with one attached hydrogen (secondary N) is 2. The number of carbonyl (C=O) groups is 2. The van der Waals surface area contributed by atoms with Crippen LogP contribution in [0.1, 0.15) is 30.9 Å². The van der Waals surface area contributed by atoms with Crippen LogP contribution >= 0.6 is 0 Å². The Morgan fingerprint density at radius 1 is 1.26 bits per heavy atom. The number of amides is 2. The molecule has 2 amide bonds. The molecule has 2 heterocycles. The van der Waals surface area contributed by atoms with Crippen molar-refractivity contribution in [3.63, 3.8) is 0 Å². The van der Waals surface area contributed by atoms with Crippen LogP contribution in [0.5, 0.6) is 11.5 Å². The summed E-state index contributed by atoms with van der Waals surface area (Å²) in [6.07, 6.45) is 0.503. The first-order valence-corrected chi connectivity index (χ1v) is 12.7. The summed E-state index contributed by atoms with van der Waals surface area (Å²) in [4.78, 5) is 24.8. The van der Waals surface area contributed by atoms with Gasteiger partial charge in [-0.2, -0.15) is 4.31 Å². The van der Waals surface area contributed by atoms with Crippen LogP contribution in [-0.2, 0) is 26.2 Å². The highest BCUT2D eigenvalue weighted by molar-refractivity contribution is 7.89. The van der Waals surface area contributed by atoms with Gasteiger partial charge in [0.2, 0.25) is 15.9 Å². The summed E-state index contributed by atoms with van der Waals surface area (Å²) in [5, 5.41) is 5.65. The quantitative estimate of drug-likeness (QED) is 0.647. The predicted octanol–water partition coefficient (Wildman–Crippen LogP) is 2.44. The molecule has 0 bridgehead atoms. The molecule has 0 spiro atoms. The standard InChI is InChI=1S/C24H29N3O6S/c1-15-11-20-21(33-16(2)23(28)26-20)12-22(15)34(30,31)27-10-4-5-18(14-27)24(29)25-13-17-6-8-19(32-3)9-7-17/h6-9,11-12,16,18H,4-5,10,13-14H2,1-3H3,(H,25,29)(H,26,28)/t16-,18-/m0/s1. The van der Waals surface area contributed by atoms with Crippen LogP contribution in [-0.4, -0.2) is 50.8 Å². The molecule has 1 fully saturated rings. The fraction of sp³-hybridized carbons (Fsp3) is 0.417. The van der Waals surface area contributed by atoms with Crippen LogP contribution in [0.4, 0.5) is 5.69 Å². The van der Waals surface area contributed by atoms with Crippen LogP contribution < -0.4 is 20.1 Å². The van der Waals surface area contributed by atoms with E-state index in [0.717, 1.165) is 11.3 Å². The lowest BCUT2D eigenvalue weighted by molar-refractivity contribution is -0.126. The minimum atomic E-state index is -3.85. The highest BCUT2D eigenvalue weighted by Crippen LogP contribution is 2.36. The lowest BCUT2D eigenvalue weighted by Gasteiger charge is -2.32. The molecule has 0 saturated carbocycles. The number of nitrogens with zero attached hydrogens (tertiary/aromatic N) is 1. The Morgan fingerprint density at radius 3 is 2.71 bits per heavy atom. The largest absolute Gasteiger partial charge is 0.497 e. The number of anilines is 1. The summed E-state index contributed by atoms with van der Waals surface area (Å²) in [6, 6.07) is 10.5. The first-order valence-electron chi connectivity index (χ1n) is 11.2. The van der Waals surface area contributed by atoms with Crippen molar-refractivity contribution in [3.8, 4) is 11.5 Å². The van der Waals surface area contributed by atoms with E-state index in [4.69, 9.17) is 9.47 Å². The number of benzene rings is 2. The molecule has 2 atom stereocenters. The average Bonchev–Trinajstić information content (AvgIpc) is 2.83. The van der Waals surface area contributed by atoms with Gasteiger partial charge in [0.15, 0.2) is 6.10 Å². The van der Waals surface area contributed by atoms with E-state index < -0.39 is 22.0 Å². The zero-order chi connectivity index (χ0) is 24.5. The maximum absolute atomic E-state index is 13.5. The zero-order valence-corrected chi connectivity index (χ0v) is 20.3. The van der Waals surface area contributed by atoms with Crippen LogP contribution in [0.3, 0.4) is 0 Å². The first kappa shape index (κ1) is 24.0. The smallest absolute Gasteiger partial charge is 0.265 e. The fourth-order valence-corrected chi connectivity index (χ4v) is 5.96. The third kappa shape index (κ3) is 4.88. The summed E-state index contributed by atoms with van der Waals surface area (Å²) >= 11 is 0. The monoisotopic (exact) mass is 487 g/mol. The van der Waals surface area contributed by atoms with Gasteiger partial charge in [0, 0.05) is 25.7 Å². The number of rotatable bonds is 6. The predicted molar refractivity (Wildman–Crippen MR) is 126 cm³/mol. The van der Waals surface area contributed by atoms with Crippen molar-refractivity contribution < 1.29 is 27.5 Å². The number of aryl methyl sites for hydroxylation is 1. The normalized spacial score (nSPS) is 20.6. The minimum Gasteiger partial charge on any atom is -0.497 e. The van der Waals surface area contributed by atoms with E-state index in [9.17, 15) is 18.0 Å². The molecule has 0 radical (unpaired) electrons. The fourth-order valence-electron chi connectivity index (χ4n) is 4.21. The Hall–Kier alpha value is -3.11. The van der Waals surface area contributed by atoms with Crippen LogP contribution in [0, 0.1) is 12.8 Å². The molecular formula is C24H29N3O6S. The summed E-state index contributed by atoms with van der Waals surface area (Å²) in [5.41, 5.74) is 1.89. The second kappa shape index (κ2) is 9.63. The van der Waals surface area contributed by atoms with Gasteiger partial charge in [-0.05, 0) is 56.0 Å². The number of piperidine rings is 1. The Balaban J connectivity index is 1.46. The molecule has 9 nitrogen and oxygen atoms in total. The summed E-state index contributed by atoms with van der Waals surface area (Å²) in [6.45, 7) is 4.10. The molecule has 4 rings (SSSR count). The molecule has 182 valence electrons. The number of carbonyl (C=O) groups excluding carboxylic acids is 2. The highest BCUT2D eigenvalue weighted by atomic mass is 32.2. The van der Waals surface area contributed by atoms with Crippen LogP contribution in [0.25, 0.3) is 0 Å². The maximum Gasteiger partial charge on any atom is 0.265 e. The second-order valence-corrected chi connectivity index (χ2v) is 10.5. The Morgan fingerprint density at radius 2 is 2.00 bits per heavy atom. The van der Waals surface area contributed by atoms with Gasteiger partial charge >= 0.3 is 0 Å². The van der Waals surface area contributed by atoms with Gasteiger partial charge in [0.25, 0.3) is 5.91 Å². The van der Waals surface area contributed by atoms with Crippen molar-refractivity contribution in [2.75, 3.05) is 25.5 Å². The van der Waals surface area contributed by atoms with E-state index >= 15 is 0 Å². The summed E-state index contributed by atoms with van der Waals surface area (Å²) in [7, 11) is -2.26. The second-order valence-electron chi connectivity index (χ2n) is 8.63. The Bertz CT molecular complexity index is 1200. The highest BCUT2D eigenvalue weighted by Gasteiger charge is 2.35. The molecule has 2 aliphatic rings. The maximum atomic E-state index is 13.5. The van der Waals surface area contributed by atoms with Crippen molar-refractivity contribution in [1.82, 2.24) is 9.62 Å². The molecular weight excluding hydrogens is 458 g/mol. The third-order valence-corrected chi connectivity index (χ3v) is 8.21. The molecule has 1 saturated heterocycles.